The van der Waals surface area contributed by atoms with E-state index in [0.717, 1.165) is 22.3 Å². The molecule has 2 saturated heterocycles. The normalized spacial score (nSPS) is 22.2. The third kappa shape index (κ3) is 8.20. The summed E-state index contributed by atoms with van der Waals surface area (Å²) in [6.45, 7) is 2.03. The van der Waals surface area contributed by atoms with Crippen molar-refractivity contribution in [3.8, 4) is 0 Å². The van der Waals surface area contributed by atoms with Crippen LogP contribution in [0.25, 0.3) is 0 Å². The molecular formula is C33H37ClN2O7. The minimum Gasteiger partial charge on any atom is -0.481 e. The topological polar surface area (TPSA) is 129 Å². The summed E-state index contributed by atoms with van der Waals surface area (Å²) in [5.41, 5.74) is 3.03. The molecule has 0 radical (unpaired) electrons. The number of aliphatic carboxylic acids is 1. The summed E-state index contributed by atoms with van der Waals surface area (Å²) in [6.07, 6.45) is 0.317. The number of hydrogen-bond donors (Lipinski definition) is 4. The molecule has 2 fully saturated rings. The SMILES string of the molecule is O=C(O)CCC(=O)Nc1cccc(C2OC(CN3CCC(O)(c4ccc(Cl)cc4)CC3)CC(c3ccc(CO)cc3)O2)c1. The van der Waals surface area contributed by atoms with Gasteiger partial charge in [-0.05, 0) is 53.8 Å². The fraction of sp³-hybridized carbons (Fsp3) is 0.394. The van der Waals surface area contributed by atoms with E-state index in [2.05, 4.69) is 10.2 Å². The van der Waals surface area contributed by atoms with Gasteiger partial charge in [0.15, 0.2) is 6.29 Å². The van der Waals surface area contributed by atoms with Gasteiger partial charge < -0.3 is 35.0 Å². The van der Waals surface area contributed by atoms with Crippen LogP contribution in [0, 0.1) is 0 Å². The zero-order valence-corrected chi connectivity index (χ0v) is 24.6. The molecule has 1 amide bonds. The van der Waals surface area contributed by atoms with E-state index < -0.39 is 17.9 Å². The lowest BCUT2D eigenvalue weighted by molar-refractivity contribution is -0.253. The number of aliphatic hydroxyl groups is 2. The van der Waals surface area contributed by atoms with Crippen molar-refractivity contribution in [2.45, 2.75) is 62.8 Å². The molecule has 2 heterocycles. The molecule has 3 aromatic carbocycles. The minimum atomic E-state index is -1.03. The Kier molecular flexibility index (Phi) is 10.1. The Labute approximate surface area is 256 Å². The predicted octanol–water partition coefficient (Wildman–Crippen LogP) is 5.16. The van der Waals surface area contributed by atoms with E-state index in [-0.39, 0.29) is 37.6 Å². The standard InChI is InChI=1S/C33H37ClN2O7/c34-26-10-8-25(9-11-26)33(41)14-16-36(17-15-33)20-28-19-29(23-6-4-22(21-37)5-7-23)43-32(42-28)24-2-1-3-27(18-24)35-30(38)12-13-31(39)40/h1-11,18,28-29,32,37,41H,12-17,19-21H2,(H,35,38)(H,39,40). The van der Waals surface area contributed by atoms with Crippen LogP contribution in [0.2, 0.25) is 5.02 Å². The highest BCUT2D eigenvalue weighted by Crippen LogP contribution is 2.40. The number of amides is 1. The Balaban J connectivity index is 1.29. The number of likely N-dealkylation sites (tertiary alicyclic amines) is 1. The molecule has 5 rings (SSSR count). The molecule has 2 aliphatic rings. The number of carboxylic acids is 1. The highest BCUT2D eigenvalue weighted by molar-refractivity contribution is 6.30. The Morgan fingerprint density at radius 2 is 1.67 bits per heavy atom. The molecule has 0 aliphatic carbocycles. The average molecular weight is 609 g/mol. The van der Waals surface area contributed by atoms with Crippen LogP contribution in [0.5, 0.6) is 0 Å². The van der Waals surface area contributed by atoms with E-state index in [4.69, 9.17) is 26.2 Å². The number of rotatable bonds is 10. The molecule has 0 aromatic heterocycles. The van der Waals surface area contributed by atoms with E-state index in [1.54, 1.807) is 30.3 Å². The molecule has 10 heteroatoms. The second-order valence-electron chi connectivity index (χ2n) is 11.3. The third-order valence-corrected chi connectivity index (χ3v) is 8.40. The lowest BCUT2D eigenvalue weighted by Gasteiger charge is -2.42. The number of nitrogens with one attached hydrogen (secondary N) is 1. The van der Waals surface area contributed by atoms with Crippen LogP contribution in [0.4, 0.5) is 5.69 Å². The number of benzene rings is 3. The second kappa shape index (κ2) is 14.0. The highest BCUT2D eigenvalue weighted by atomic mass is 35.5. The van der Waals surface area contributed by atoms with Crippen LogP contribution in [-0.2, 0) is 31.3 Å². The van der Waals surface area contributed by atoms with E-state index in [0.29, 0.717) is 49.6 Å². The Bertz CT molecular complexity index is 1390. The first-order valence-corrected chi connectivity index (χ1v) is 14.9. The number of carboxylic acid groups (broad SMARTS) is 1. The van der Waals surface area contributed by atoms with Crippen LogP contribution >= 0.6 is 11.6 Å². The fourth-order valence-electron chi connectivity index (χ4n) is 5.68. The van der Waals surface area contributed by atoms with Crippen molar-refractivity contribution < 1.29 is 34.4 Å². The lowest BCUT2D eigenvalue weighted by atomic mass is 9.84. The molecule has 0 saturated carbocycles. The summed E-state index contributed by atoms with van der Waals surface area (Å²) in [7, 11) is 0. The number of hydrogen-bond acceptors (Lipinski definition) is 7. The fourth-order valence-corrected chi connectivity index (χ4v) is 5.81. The maximum absolute atomic E-state index is 12.2. The quantitative estimate of drug-likeness (QED) is 0.248. The average Bonchev–Trinajstić information content (AvgIpc) is 3.01. The van der Waals surface area contributed by atoms with Crippen molar-refractivity contribution in [1.82, 2.24) is 4.90 Å². The van der Waals surface area contributed by atoms with E-state index in [1.807, 2.05) is 42.5 Å². The third-order valence-electron chi connectivity index (χ3n) is 8.15. The number of carbonyl (C=O) groups excluding carboxylic acids is 1. The Hall–Kier alpha value is -3.31. The summed E-state index contributed by atoms with van der Waals surface area (Å²) in [5.74, 6) is -1.41. The molecular weight excluding hydrogens is 572 g/mol. The summed E-state index contributed by atoms with van der Waals surface area (Å²) in [6, 6.07) is 22.3. The van der Waals surface area contributed by atoms with Gasteiger partial charge in [0.05, 0.1) is 30.8 Å². The first-order chi connectivity index (χ1) is 20.7. The van der Waals surface area contributed by atoms with E-state index >= 15 is 0 Å². The van der Waals surface area contributed by atoms with Crippen molar-refractivity contribution in [1.29, 1.82) is 0 Å². The molecule has 2 aliphatic heterocycles. The summed E-state index contributed by atoms with van der Waals surface area (Å²) < 4.78 is 12.9. The van der Waals surface area contributed by atoms with Gasteiger partial charge in [-0.15, -0.1) is 0 Å². The van der Waals surface area contributed by atoms with Crippen LogP contribution < -0.4 is 5.32 Å². The summed E-state index contributed by atoms with van der Waals surface area (Å²) in [4.78, 5) is 25.4. The molecule has 4 N–H and O–H groups in total. The van der Waals surface area contributed by atoms with Gasteiger partial charge in [-0.25, -0.2) is 0 Å². The molecule has 3 atom stereocenters. The van der Waals surface area contributed by atoms with Gasteiger partial charge in [-0.3, -0.25) is 9.59 Å². The van der Waals surface area contributed by atoms with Crippen LogP contribution in [0.15, 0.2) is 72.8 Å². The summed E-state index contributed by atoms with van der Waals surface area (Å²) in [5, 5.41) is 33.1. The zero-order chi connectivity index (χ0) is 30.4. The summed E-state index contributed by atoms with van der Waals surface area (Å²) >= 11 is 6.05. The van der Waals surface area contributed by atoms with Crippen molar-refractivity contribution in [2.24, 2.45) is 0 Å². The molecule has 0 spiro atoms. The van der Waals surface area contributed by atoms with E-state index in [9.17, 15) is 19.8 Å². The molecule has 9 nitrogen and oxygen atoms in total. The molecule has 43 heavy (non-hydrogen) atoms. The molecule has 3 unspecified atom stereocenters. The number of anilines is 1. The molecule has 3 aromatic rings. The van der Waals surface area contributed by atoms with Gasteiger partial charge in [0.1, 0.15) is 0 Å². The lowest BCUT2D eigenvalue weighted by Crippen LogP contribution is -2.46. The maximum atomic E-state index is 12.2. The first kappa shape index (κ1) is 31.1. The first-order valence-electron chi connectivity index (χ1n) is 14.5. The number of ether oxygens (including phenoxy) is 2. The van der Waals surface area contributed by atoms with Gasteiger partial charge in [0.2, 0.25) is 5.91 Å². The second-order valence-corrected chi connectivity index (χ2v) is 11.7. The van der Waals surface area contributed by atoms with Crippen LogP contribution in [0.1, 0.15) is 66.8 Å². The van der Waals surface area contributed by atoms with Crippen LogP contribution in [0.3, 0.4) is 0 Å². The van der Waals surface area contributed by atoms with E-state index in [1.165, 1.54) is 0 Å². The van der Waals surface area contributed by atoms with Crippen molar-refractivity contribution >= 4 is 29.2 Å². The monoisotopic (exact) mass is 608 g/mol. The number of halogens is 1. The minimum absolute atomic E-state index is 0.0392. The van der Waals surface area contributed by atoms with Crippen molar-refractivity contribution in [3.63, 3.8) is 0 Å². The van der Waals surface area contributed by atoms with Crippen molar-refractivity contribution in [3.05, 3.63) is 100 Å². The van der Waals surface area contributed by atoms with Gasteiger partial charge >= 0.3 is 5.97 Å². The number of piperidine rings is 1. The number of nitrogens with zero attached hydrogens (tertiary/aromatic N) is 1. The van der Waals surface area contributed by atoms with Crippen molar-refractivity contribution in [2.75, 3.05) is 25.0 Å². The maximum Gasteiger partial charge on any atom is 0.303 e. The zero-order valence-electron chi connectivity index (χ0n) is 23.8. The van der Waals surface area contributed by atoms with Crippen LogP contribution in [-0.4, -0.2) is 57.8 Å². The number of carbonyl (C=O) groups is 2. The highest BCUT2D eigenvalue weighted by Gasteiger charge is 2.37. The predicted molar refractivity (Wildman–Crippen MR) is 161 cm³/mol. The Morgan fingerprint density at radius 1 is 0.953 bits per heavy atom. The smallest absolute Gasteiger partial charge is 0.303 e. The largest absolute Gasteiger partial charge is 0.481 e. The Morgan fingerprint density at radius 3 is 2.35 bits per heavy atom. The molecule has 228 valence electrons. The van der Waals surface area contributed by atoms with Gasteiger partial charge in [0, 0.05) is 48.7 Å². The number of aliphatic hydroxyl groups excluding tert-OH is 1. The van der Waals surface area contributed by atoms with Gasteiger partial charge in [-0.2, -0.15) is 0 Å². The molecule has 0 bridgehead atoms. The van der Waals surface area contributed by atoms with Gasteiger partial charge in [-0.1, -0.05) is 60.1 Å². The van der Waals surface area contributed by atoms with Gasteiger partial charge in [0.25, 0.3) is 0 Å².